The molecule has 2 aliphatic rings. The molecule has 6 N–H and O–H groups in total. The number of aliphatic hydroxyl groups is 6. The van der Waals surface area contributed by atoms with Crippen LogP contribution in [-0.4, -0.2) is 104 Å². The van der Waals surface area contributed by atoms with Crippen molar-refractivity contribution in [1.29, 1.82) is 0 Å². The molecule has 0 amide bonds. The van der Waals surface area contributed by atoms with Crippen LogP contribution in [0.5, 0.6) is 0 Å². The summed E-state index contributed by atoms with van der Waals surface area (Å²) >= 11 is 0. The van der Waals surface area contributed by atoms with Crippen LogP contribution in [0, 0.1) is 0 Å². The lowest BCUT2D eigenvalue weighted by Gasteiger charge is -2.45. The molecule has 0 saturated carbocycles. The molecule has 230 valence electrons. The smallest absolute Gasteiger partial charge is 0.308 e. The second-order valence-corrected chi connectivity index (χ2v) is 11.1. The molecule has 2 saturated heterocycles. The number of ether oxygens (including phenoxy) is 4. The average Bonchev–Trinajstić information content (AvgIpc) is 2.90. The van der Waals surface area contributed by atoms with Crippen LogP contribution in [0.1, 0.15) is 104 Å². The summed E-state index contributed by atoms with van der Waals surface area (Å²) in [6.07, 6.45) is -0.994. The van der Waals surface area contributed by atoms with Gasteiger partial charge in [0.15, 0.2) is 6.29 Å². The van der Waals surface area contributed by atoms with Gasteiger partial charge in [-0.15, -0.1) is 0 Å². The van der Waals surface area contributed by atoms with E-state index < -0.39 is 67.4 Å². The van der Waals surface area contributed by atoms with E-state index in [9.17, 15) is 35.4 Å². The number of esters is 1. The summed E-state index contributed by atoms with van der Waals surface area (Å²) in [6.45, 7) is 5.21. The fourth-order valence-electron chi connectivity index (χ4n) is 5.07. The fraction of sp³-hybridized carbons (Fsp3) is 0.964. The summed E-state index contributed by atoms with van der Waals surface area (Å²) in [7, 11) is 0. The number of rotatable bonds is 17. The van der Waals surface area contributed by atoms with Crippen molar-refractivity contribution >= 4 is 5.97 Å². The van der Waals surface area contributed by atoms with Gasteiger partial charge >= 0.3 is 5.97 Å². The minimum Gasteiger partial charge on any atom is -0.433 e. The first-order valence-corrected chi connectivity index (χ1v) is 14.8. The number of aliphatic hydroxyl groups excluding tert-OH is 6. The van der Waals surface area contributed by atoms with Gasteiger partial charge in [-0.1, -0.05) is 64.7 Å². The Bertz CT molecular complexity index is 680. The van der Waals surface area contributed by atoms with Crippen LogP contribution in [0.2, 0.25) is 0 Å². The van der Waals surface area contributed by atoms with Crippen molar-refractivity contribution in [2.24, 2.45) is 0 Å². The van der Waals surface area contributed by atoms with E-state index in [1.807, 2.05) is 0 Å². The third-order valence-electron chi connectivity index (χ3n) is 7.68. The van der Waals surface area contributed by atoms with Crippen molar-refractivity contribution in [3.8, 4) is 0 Å². The van der Waals surface area contributed by atoms with Crippen molar-refractivity contribution in [2.45, 2.75) is 172 Å². The predicted octanol–water partition coefficient (Wildman–Crippen LogP) is 1.66. The lowest BCUT2D eigenvalue weighted by atomic mass is 9.97. The molecule has 0 aromatic heterocycles. The Morgan fingerprint density at radius 1 is 0.692 bits per heavy atom. The predicted molar refractivity (Wildman–Crippen MR) is 141 cm³/mol. The molecule has 2 heterocycles. The molecule has 0 spiro atoms. The van der Waals surface area contributed by atoms with Crippen LogP contribution in [0.15, 0.2) is 0 Å². The summed E-state index contributed by atoms with van der Waals surface area (Å²) in [4.78, 5) is 12.3. The Balaban J connectivity index is 1.61. The maximum absolute atomic E-state index is 12.3. The lowest BCUT2D eigenvalue weighted by Crippen LogP contribution is -2.63. The van der Waals surface area contributed by atoms with E-state index in [0.29, 0.717) is 6.42 Å². The Morgan fingerprint density at radius 3 is 1.87 bits per heavy atom. The van der Waals surface area contributed by atoms with E-state index in [4.69, 9.17) is 18.9 Å². The minimum absolute atomic E-state index is 0.168. The normalized spacial score (nSPS) is 36.0. The molecule has 0 bridgehead atoms. The van der Waals surface area contributed by atoms with Gasteiger partial charge < -0.3 is 49.6 Å². The van der Waals surface area contributed by atoms with Crippen molar-refractivity contribution < 1.29 is 54.4 Å². The third kappa shape index (κ3) is 11.1. The highest BCUT2D eigenvalue weighted by Gasteiger charge is 2.49. The lowest BCUT2D eigenvalue weighted by molar-refractivity contribution is -0.348. The number of hydrogen-bond acceptors (Lipinski definition) is 11. The molecular formula is C28H52O11. The van der Waals surface area contributed by atoms with Crippen LogP contribution in [-0.2, 0) is 23.7 Å². The molecule has 2 rings (SSSR count). The summed E-state index contributed by atoms with van der Waals surface area (Å²) in [5.74, 6) is -0.535. The first-order chi connectivity index (χ1) is 18.6. The minimum atomic E-state index is -1.59. The highest BCUT2D eigenvalue weighted by molar-refractivity contribution is 5.69. The molecule has 0 aromatic carbocycles. The molecule has 11 nitrogen and oxygen atoms in total. The van der Waals surface area contributed by atoms with Crippen molar-refractivity contribution in [3.63, 3.8) is 0 Å². The second-order valence-electron chi connectivity index (χ2n) is 11.1. The number of carbonyl (C=O) groups excluding carboxylic acids is 1. The van der Waals surface area contributed by atoms with Gasteiger partial charge in [0, 0.05) is 6.42 Å². The fourth-order valence-corrected chi connectivity index (χ4v) is 5.07. The van der Waals surface area contributed by atoms with Gasteiger partial charge in [-0.2, -0.15) is 0 Å². The second kappa shape index (κ2) is 17.8. The van der Waals surface area contributed by atoms with E-state index in [-0.39, 0.29) is 12.5 Å². The summed E-state index contributed by atoms with van der Waals surface area (Å²) < 4.78 is 21.9. The molecule has 11 unspecified atom stereocenters. The standard InChI is InChI=1S/C28H52O11/c1-4-5-11-14-19(29)15-12-9-7-6-8-10-13-16-20(30)38-27-25(35)23(33)26(18(3)37-27)39-28-24(34)22(32)21(31)17(2)36-28/h17-19,21-29,31-35H,4-16H2,1-3H3. The van der Waals surface area contributed by atoms with Crippen LogP contribution in [0.4, 0.5) is 0 Å². The maximum atomic E-state index is 12.3. The molecular weight excluding hydrogens is 512 g/mol. The van der Waals surface area contributed by atoms with E-state index in [1.165, 1.54) is 19.8 Å². The Hall–Kier alpha value is -0.890. The van der Waals surface area contributed by atoms with Gasteiger partial charge in [0.2, 0.25) is 6.29 Å². The Labute approximate surface area is 232 Å². The van der Waals surface area contributed by atoms with E-state index in [0.717, 1.165) is 57.8 Å². The molecule has 11 atom stereocenters. The maximum Gasteiger partial charge on any atom is 0.308 e. The zero-order valence-corrected chi connectivity index (χ0v) is 23.8. The number of unbranched alkanes of at least 4 members (excludes halogenated alkanes) is 8. The van der Waals surface area contributed by atoms with Crippen LogP contribution in [0.3, 0.4) is 0 Å². The Morgan fingerprint density at radius 2 is 1.23 bits per heavy atom. The third-order valence-corrected chi connectivity index (χ3v) is 7.68. The molecule has 0 aliphatic carbocycles. The first-order valence-electron chi connectivity index (χ1n) is 14.8. The van der Waals surface area contributed by atoms with E-state index in [2.05, 4.69) is 6.92 Å². The molecule has 39 heavy (non-hydrogen) atoms. The largest absolute Gasteiger partial charge is 0.433 e. The topological polar surface area (TPSA) is 175 Å². The van der Waals surface area contributed by atoms with Gasteiger partial charge in [0.25, 0.3) is 0 Å². The highest BCUT2D eigenvalue weighted by Crippen LogP contribution is 2.29. The van der Waals surface area contributed by atoms with Crippen LogP contribution in [0.25, 0.3) is 0 Å². The molecule has 2 aliphatic heterocycles. The van der Waals surface area contributed by atoms with E-state index >= 15 is 0 Å². The Kier molecular flexibility index (Phi) is 15.7. The van der Waals surface area contributed by atoms with Gasteiger partial charge in [-0.3, -0.25) is 4.79 Å². The molecule has 0 radical (unpaired) electrons. The van der Waals surface area contributed by atoms with Crippen LogP contribution >= 0.6 is 0 Å². The van der Waals surface area contributed by atoms with Gasteiger partial charge in [-0.05, 0) is 33.1 Å². The zero-order valence-electron chi connectivity index (χ0n) is 23.8. The highest BCUT2D eigenvalue weighted by atomic mass is 16.7. The summed E-state index contributed by atoms with van der Waals surface area (Å²) in [6, 6.07) is 0. The number of hydrogen-bond donors (Lipinski definition) is 6. The van der Waals surface area contributed by atoms with Crippen molar-refractivity contribution in [3.05, 3.63) is 0 Å². The average molecular weight is 565 g/mol. The van der Waals surface area contributed by atoms with Crippen molar-refractivity contribution in [2.75, 3.05) is 0 Å². The van der Waals surface area contributed by atoms with Crippen LogP contribution < -0.4 is 0 Å². The molecule has 0 aromatic rings. The van der Waals surface area contributed by atoms with E-state index in [1.54, 1.807) is 6.92 Å². The SMILES string of the molecule is CCCCCC(O)CCCCCCCCCC(=O)OC1OC(C)C(OC2OC(C)C(O)C(O)C2O)C(O)C1O. The monoisotopic (exact) mass is 564 g/mol. The number of carbonyl (C=O) groups is 1. The van der Waals surface area contributed by atoms with Gasteiger partial charge in [0.1, 0.15) is 36.6 Å². The molecule has 2 fully saturated rings. The quantitative estimate of drug-likeness (QED) is 0.112. The first kappa shape index (κ1) is 34.3. The summed E-state index contributed by atoms with van der Waals surface area (Å²) in [5.41, 5.74) is 0. The molecule has 11 heteroatoms. The van der Waals surface area contributed by atoms with Gasteiger partial charge in [0.05, 0.1) is 18.3 Å². The van der Waals surface area contributed by atoms with Gasteiger partial charge in [-0.25, -0.2) is 0 Å². The zero-order chi connectivity index (χ0) is 28.9. The van der Waals surface area contributed by atoms with Crippen molar-refractivity contribution in [1.82, 2.24) is 0 Å². The summed E-state index contributed by atoms with van der Waals surface area (Å²) in [5, 5.41) is 61.0.